The topological polar surface area (TPSA) is 66.4 Å². The molecule has 0 bridgehead atoms. The minimum atomic E-state index is -1.24. The number of aromatic carboxylic acids is 1. The van der Waals surface area contributed by atoms with Crippen LogP contribution >= 0.6 is 0 Å². The van der Waals surface area contributed by atoms with Crippen molar-refractivity contribution >= 4 is 17.6 Å². The average molecular weight is 305 g/mol. The maximum absolute atomic E-state index is 13.7. The maximum Gasteiger partial charge on any atom is 0.335 e. The number of hydrogen-bond acceptors (Lipinski definition) is 2. The van der Waals surface area contributed by atoms with Gasteiger partial charge in [0.25, 0.3) is 0 Å². The summed E-state index contributed by atoms with van der Waals surface area (Å²) in [6.45, 7) is 1.48. The van der Waals surface area contributed by atoms with Crippen LogP contribution in [0.3, 0.4) is 0 Å². The first kappa shape index (κ1) is 15.6. The van der Waals surface area contributed by atoms with Crippen LogP contribution in [0.2, 0.25) is 0 Å². The maximum atomic E-state index is 13.7. The van der Waals surface area contributed by atoms with Crippen molar-refractivity contribution in [1.82, 2.24) is 0 Å². The third-order valence-electron chi connectivity index (χ3n) is 3.24. The SMILES string of the molecule is C[C@@H](C(=O)Nc1cc(C(=O)O)ccc1F)c1ccccc1F. The largest absolute Gasteiger partial charge is 0.478 e. The summed E-state index contributed by atoms with van der Waals surface area (Å²) >= 11 is 0. The van der Waals surface area contributed by atoms with E-state index in [2.05, 4.69) is 5.32 Å². The first-order valence-corrected chi connectivity index (χ1v) is 6.48. The number of benzene rings is 2. The molecule has 0 aliphatic heterocycles. The van der Waals surface area contributed by atoms with Gasteiger partial charge in [-0.05, 0) is 36.8 Å². The van der Waals surface area contributed by atoms with E-state index in [9.17, 15) is 18.4 Å². The number of carboxylic acids is 1. The lowest BCUT2D eigenvalue weighted by atomic mass is 9.99. The fourth-order valence-electron chi connectivity index (χ4n) is 1.96. The Kier molecular flexibility index (Phi) is 4.50. The van der Waals surface area contributed by atoms with Crippen LogP contribution in [-0.2, 0) is 4.79 Å². The molecule has 0 unspecified atom stereocenters. The average Bonchev–Trinajstić information content (AvgIpc) is 2.49. The Morgan fingerprint density at radius 2 is 1.77 bits per heavy atom. The zero-order valence-electron chi connectivity index (χ0n) is 11.6. The molecule has 1 amide bonds. The molecule has 114 valence electrons. The van der Waals surface area contributed by atoms with E-state index in [0.29, 0.717) is 0 Å². The van der Waals surface area contributed by atoms with Gasteiger partial charge in [0.15, 0.2) is 0 Å². The molecular formula is C16H13F2NO3. The molecule has 4 nitrogen and oxygen atoms in total. The summed E-state index contributed by atoms with van der Waals surface area (Å²) in [4.78, 5) is 23.0. The molecule has 1 atom stereocenters. The van der Waals surface area contributed by atoms with Crippen LogP contribution in [-0.4, -0.2) is 17.0 Å². The number of amides is 1. The standard InChI is InChI=1S/C16H13F2NO3/c1-9(11-4-2-3-5-12(11)17)15(20)19-14-8-10(16(21)22)6-7-13(14)18/h2-9H,1H3,(H,19,20)(H,21,22)/t9-/m1/s1. The number of anilines is 1. The predicted molar refractivity (Wildman–Crippen MR) is 76.8 cm³/mol. The first-order chi connectivity index (χ1) is 10.4. The molecule has 0 aliphatic carbocycles. The van der Waals surface area contributed by atoms with Crippen LogP contribution in [0.15, 0.2) is 42.5 Å². The van der Waals surface area contributed by atoms with E-state index in [1.165, 1.54) is 25.1 Å². The van der Waals surface area contributed by atoms with Crippen molar-refractivity contribution in [2.24, 2.45) is 0 Å². The highest BCUT2D eigenvalue weighted by Gasteiger charge is 2.20. The molecule has 0 heterocycles. The van der Waals surface area contributed by atoms with Gasteiger partial charge in [0.05, 0.1) is 17.2 Å². The molecule has 0 fully saturated rings. The monoisotopic (exact) mass is 305 g/mol. The Labute approximate surface area is 125 Å². The van der Waals surface area contributed by atoms with Crippen molar-refractivity contribution < 1.29 is 23.5 Å². The summed E-state index contributed by atoms with van der Waals surface area (Å²) in [5, 5.41) is 11.2. The van der Waals surface area contributed by atoms with Crippen molar-refractivity contribution in [2.75, 3.05) is 5.32 Å². The molecule has 6 heteroatoms. The fraction of sp³-hybridized carbons (Fsp3) is 0.125. The van der Waals surface area contributed by atoms with Crippen LogP contribution in [0.5, 0.6) is 0 Å². The van der Waals surface area contributed by atoms with E-state index < -0.39 is 29.4 Å². The summed E-state index contributed by atoms with van der Waals surface area (Å²) in [6.07, 6.45) is 0. The van der Waals surface area contributed by atoms with E-state index in [0.717, 1.165) is 18.2 Å². The van der Waals surface area contributed by atoms with Gasteiger partial charge in [0, 0.05) is 0 Å². The van der Waals surface area contributed by atoms with E-state index in [1.54, 1.807) is 6.07 Å². The van der Waals surface area contributed by atoms with Crippen LogP contribution in [0, 0.1) is 11.6 Å². The summed E-state index contributed by atoms with van der Waals surface area (Å²) < 4.78 is 27.3. The van der Waals surface area contributed by atoms with E-state index in [4.69, 9.17) is 5.11 Å². The highest BCUT2D eigenvalue weighted by atomic mass is 19.1. The lowest BCUT2D eigenvalue weighted by Gasteiger charge is -2.14. The number of carboxylic acid groups (broad SMARTS) is 1. The van der Waals surface area contributed by atoms with Crippen molar-refractivity contribution in [3.63, 3.8) is 0 Å². The quantitative estimate of drug-likeness (QED) is 0.909. The van der Waals surface area contributed by atoms with Gasteiger partial charge < -0.3 is 10.4 Å². The van der Waals surface area contributed by atoms with E-state index in [-0.39, 0.29) is 16.8 Å². The van der Waals surface area contributed by atoms with Crippen molar-refractivity contribution in [2.45, 2.75) is 12.8 Å². The number of halogens is 2. The number of rotatable bonds is 4. The summed E-state index contributed by atoms with van der Waals surface area (Å²) in [6, 6.07) is 8.84. The van der Waals surface area contributed by atoms with Crippen molar-refractivity contribution in [3.05, 3.63) is 65.2 Å². The van der Waals surface area contributed by atoms with Crippen LogP contribution < -0.4 is 5.32 Å². The molecule has 0 aliphatic rings. The predicted octanol–water partition coefficient (Wildman–Crippen LogP) is 3.41. The molecule has 2 aromatic carbocycles. The lowest BCUT2D eigenvalue weighted by Crippen LogP contribution is -2.20. The van der Waals surface area contributed by atoms with Gasteiger partial charge in [-0.2, -0.15) is 0 Å². The Morgan fingerprint density at radius 1 is 1.09 bits per heavy atom. The molecule has 2 N–H and O–H groups in total. The molecule has 22 heavy (non-hydrogen) atoms. The van der Waals surface area contributed by atoms with Gasteiger partial charge in [0.1, 0.15) is 11.6 Å². The van der Waals surface area contributed by atoms with E-state index in [1.807, 2.05) is 0 Å². The third kappa shape index (κ3) is 3.28. The number of carbonyl (C=O) groups excluding carboxylic acids is 1. The molecular weight excluding hydrogens is 292 g/mol. The van der Waals surface area contributed by atoms with Crippen molar-refractivity contribution in [1.29, 1.82) is 0 Å². The van der Waals surface area contributed by atoms with Gasteiger partial charge >= 0.3 is 5.97 Å². The number of carbonyl (C=O) groups is 2. The second kappa shape index (κ2) is 6.34. The normalized spacial score (nSPS) is 11.8. The highest BCUT2D eigenvalue weighted by Crippen LogP contribution is 2.22. The summed E-state index contributed by atoms with van der Waals surface area (Å²) in [5.41, 5.74) is -0.238. The number of nitrogens with one attached hydrogen (secondary N) is 1. The van der Waals surface area contributed by atoms with Gasteiger partial charge in [-0.1, -0.05) is 18.2 Å². The van der Waals surface area contributed by atoms with Crippen LogP contribution in [0.25, 0.3) is 0 Å². The molecule has 2 rings (SSSR count). The molecule has 0 radical (unpaired) electrons. The second-order valence-electron chi connectivity index (χ2n) is 4.73. The Morgan fingerprint density at radius 3 is 2.41 bits per heavy atom. The Bertz CT molecular complexity index is 731. The second-order valence-corrected chi connectivity index (χ2v) is 4.73. The molecule has 0 spiro atoms. The molecule has 0 aromatic heterocycles. The molecule has 0 saturated heterocycles. The van der Waals surface area contributed by atoms with Crippen LogP contribution in [0.1, 0.15) is 28.8 Å². The van der Waals surface area contributed by atoms with Crippen LogP contribution in [0.4, 0.5) is 14.5 Å². The fourth-order valence-corrected chi connectivity index (χ4v) is 1.96. The smallest absolute Gasteiger partial charge is 0.335 e. The number of hydrogen-bond donors (Lipinski definition) is 2. The summed E-state index contributed by atoms with van der Waals surface area (Å²) in [7, 11) is 0. The third-order valence-corrected chi connectivity index (χ3v) is 3.24. The minimum absolute atomic E-state index is 0.157. The zero-order chi connectivity index (χ0) is 16.3. The Hall–Kier alpha value is -2.76. The Balaban J connectivity index is 2.24. The highest BCUT2D eigenvalue weighted by molar-refractivity contribution is 5.97. The lowest BCUT2D eigenvalue weighted by molar-refractivity contribution is -0.117. The molecule has 0 saturated carbocycles. The van der Waals surface area contributed by atoms with Gasteiger partial charge in [-0.25, -0.2) is 13.6 Å². The van der Waals surface area contributed by atoms with Gasteiger partial charge in [-0.3, -0.25) is 4.79 Å². The molecule has 2 aromatic rings. The van der Waals surface area contributed by atoms with Gasteiger partial charge in [0.2, 0.25) is 5.91 Å². The van der Waals surface area contributed by atoms with Gasteiger partial charge in [-0.15, -0.1) is 0 Å². The minimum Gasteiger partial charge on any atom is -0.478 e. The van der Waals surface area contributed by atoms with Crippen molar-refractivity contribution in [3.8, 4) is 0 Å². The first-order valence-electron chi connectivity index (χ1n) is 6.48. The summed E-state index contributed by atoms with van der Waals surface area (Å²) in [5.74, 6) is -4.03. The van der Waals surface area contributed by atoms with E-state index >= 15 is 0 Å². The zero-order valence-corrected chi connectivity index (χ0v) is 11.6.